The second-order valence-corrected chi connectivity index (χ2v) is 8.07. The molecule has 0 fully saturated rings. The Morgan fingerprint density at radius 1 is 1.50 bits per heavy atom. The van der Waals surface area contributed by atoms with Gasteiger partial charge in [0.25, 0.3) is 0 Å². The van der Waals surface area contributed by atoms with Crippen LogP contribution >= 0.6 is 27.3 Å². The van der Waals surface area contributed by atoms with Crippen LogP contribution in [0, 0.1) is 0 Å². The summed E-state index contributed by atoms with van der Waals surface area (Å²) in [5.41, 5.74) is 0. The number of hydrogen-bond acceptors (Lipinski definition) is 4. The maximum absolute atomic E-state index is 11.8. The molecule has 0 amide bonds. The van der Waals surface area contributed by atoms with Crippen molar-refractivity contribution in [2.45, 2.75) is 36.6 Å². The van der Waals surface area contributed by atoms with Crippen molar-refractivity contribution >= 4 is 37.3 Å². The largest absolute Gasteiger partial charge is 0.393 e. The van der Waals surface area contributed by atoms with Gasteiger partial charge in [-0.3, -0.25) is 0 Å². The van der Waals surface area contributed by atoms with Crippen molar-refractivity contribution in [2.24, 2.45) is 0 Å². The van der Waals surface area contributed by atoms with Gasteiger partial charge in [0.1, 0.15) is 4.21 Å². The van der Waals surface area contributed by atoms with Gasteiger partial charge in [-0.1, -0.05) is 0 Å². The fourth-order valence-corrected chi connectivity index (χ4v) is 4.61. The normalized spacial score (nSPS) is 16.0. The zero-order valence-corrected chi connectivity index (χ0v) is 12.2. The van der Waals surface area contributed by atoms with Gasteiger partial charge in [0.15, 0.2) is 0 Å². The van der Waals surface area contributed by atoms with Crippen molar-refractivity contribution in [2.75, 3.05) is 0 Å². The van der Waals surface area contributed by atoms with Crippen molar-refractivity contribution in [1.29, 1.82) is 0 Å². The lowest BCUT2D eigenvalue weighted by Gasteiger charge is -2.14. The summed E-state index contributed by atoms with van der Waals surface area (Å²) in [6.07, 6.45) is -0.126. The third-order valence-electron chi connectivity index (χ3n) is 1.86. The summed E-state index contributed by atoms with van der Waals surface area (Å²) in [5.74, 6) is 0. The first-order chi connectivity index (χ1) is 7.31. The summed E-state index contributed by atoms with van der Waals surface area (Å²) in [6.45, 7) is 3.36. The molecule has 2 unspecified atom stereocenters. The molecule has 0 aliphatic heterocycles. The summed E-state index contributed by atoms with van der Waals surface area (Å²) in [7, 11) is -3.46. The van der Waals surface area contributed by atoms with Crippen LogP contribution in [0.3, 0.4) is 0 Å². The van der Waals surface area contributed by atoms with Crippen LogP contribution in [0.5, 0.6) is 0 Å². The Balaban J connectivity index is 2.73. The van der Waals surface area contributed by atoms with E-state index in [2.05, 4.69) is 20.7 Å². The van der Waals surface area contributed by atoms with Crippen LogP contribution in [-0.4, -0.2) is 25.7 Å². The molecule has 0 radical (unpaired) electrons. The summed E-state index contributed by atoms with van der Waals surface area (Å²) >= 11 is 4.38. The highest BCUT2D eigenvalue weighted by atomic mass is 79.9. The van der Waals surface area contributed by atoms with E-state index in [-0.39, 0.29) is 10.3 Å². The van der Waals surface area contributed by atoms with Gasteiger partial charge in [-0.15, -0.1) is 11.3 Å². The maximum Gasteiger partial charge on any atom is 0.250 e. The van der Waals surface area contributed by atoms with Gasteiger partial charge in [-0.2, -0.15) is 0 Å². The van der Waals surface area contributed by atoms with Gasteiger partial charge in [0.05, 0.1) is 9.89 Å². The molecule has 0 aliphatic rings. The molecular weight excluding hydrogens is 314 g/mol. The Bertz CT molecular complexity index is 441. The fourth-order valence-electron chi connectivity index (χ4n) is 1.32. The number of halogens is 1. The minimum absolute atomic E-state index is 0.275. The molecule has 1 aromatic rings. The second kappa shape index (κ2) is 5.59. The topological polar surface area (TPSA) is 66.4 Å². The Morgan fingerprint density at radius 3 is 2.56 bits per heavy atom. The first kappa shape index (κ1) is 14.1. The number of nitrogens with one attached hydrogen (secondary N) is 1. The lowest BCUT2D eigenvalue weighted by Crippen LogP contribution is -2.34. The van der Waals surface area contributed by atoms with Crippen LogP contribution in [0.1, 0.15) is 20.3 Å². The van der Waals surface area contributed by atoms with E-state index in [1.807, 2.05) is 0 Å². The highest BCUT2D eigenvalue weighted by Gasteiger charge is 2.19. The number of rotatable bonds is 5. The van der Waals surface area contributed by atoms with Crippen LogP contribution in [-0.2, 0) is 10.0 Å². The molecule has 7 heteroatoms. The zero-order chi connectivity index (χ0) is 12.3. The van der Waals surface area contributed by atoms with Crippen LogP contribution < -0.4 is 4.72 Å². The van der Waals surface area contributed by atoms with E-state index >= 15 is 0 Å². The Hall–Kier alpha value is 0.0500. The van der Waals surface area contributed by atoms with E-state index < -0.39 is 16.1 Å². The van der Waals surface area contributed by atoms with Crippen molar-refractivity contribution in [3.63, 3.8) is 0 Å². The highest BCUT2D eigenvalue weighted by molar-refractivity contribution is 9.11. The lowest BCUT2D eigenvalue weighted by atomic mass is 10.2. The SMILES string of the molecule is CC(O)CC(C)NS(=O)(=O)c1ccc(Br)s1. The van der Waals surface area contributed by atoms with Crippen LogP contribution in [0.25, 0.3) is 0 Å². The smallest absolute Gasteiger partial charge is 0.250 e. The second-order valence-electron chi connectivity index (χ2n) is 3.67. The zero-order valence-electron chi connectivity index (χ0n) is 8.97. The lowest BCUT2D eigenvalue weighted by molar-refractivity contribution is 0.175. The van der Waals surface area contributed by atoms with Gasteiger partial charge in [-0.05, 0) is 48.3 Å². The molecule has 2 atom stereocenters. The van der Waals surface area contributed by atoms with Gasteiger partial charge >= 0.3 is 0 Å². The van der Waals surface area contributed by atoms with E-state index in [9.17, 15) is 8.42 Å². The standard InChI is InChI=1S/C9H14BrNO3S2/c1-6(5-7(2)12)11-16(13,14)9-4-3-8(10)15-9/h3-4,6-7,11-12H,5H2,1-2H3. The molecule has 4 nitrogen and oxygen atoms in total. The first-order valence-corrected chi connectivity index (χ1v) is 7.86. The average Bonchev–Trinajstić information content (AvgIpc) is 2.49. The third kappa shape index (κ3) is 4.14. The maximum atomic E-state index is 11.8. The van der Waals surface area contributed by atoms with E-state index in [0.29, 0.717) is 6.42 Å². The molecule has 0 bridgehead atoms. The number of hydrogen-bond donors (Lipinski definition) is 2. The molecule has 0 aliphatic carbocycles. The summed E-state index contributed by atoms with van der Waals surface area (Å²) in [5, 5.41) is 9.15. The number of aliphatic hydroxyl groups is 1. The van der Waals surface area contributed by atoms with E-state index in [1.54, 1.807) is 26.0 Å². The number of sulfonamides is 1. The van der Waals surface area contributed by atoms with Gasteiger partial charge in [-0.25, -0.2) is 13.1 Å². The van der Waals surface area contributed by atoms with Crippen molar-refractivity contribution in [1.82, 2.24) is 4.72 Å². The first-order valence-electron chi connectivity index (χ1n) is 4.77. The monoisotopic (exact) mass is 327 g/mol. The Kier molecular flexibility index (Phi) is 4.93. The molecule has 2 N–H and O–H groups in total. The molecule has 1 aromatic heterocycles. The quantitative estimate of drug-likeness (QED) is 0.868. The van der Waals surface area contributed by atoms with Crippen LogP contribution in [0.2, 0.25) is 0 Å². The van der Waals surface area contributed by atoms with E-state index in [0.717, 1.165) is 15.1 Å². The van der Waals surface area contributed by atoms with Gasteiger partial charge in [0.2, 0.25) is 10.0 Å². The molecule has 1 rings (SSSR count). The molecule has 0 spiro atoms. The highest BCUT2D eigenvalue weighted by Crippen LogP contribution is 2.26. The predicted octanol–water partition coefficient (Wildman–Crippen LogP) is 1.95. The number of aliphatic hydroxyl groups excluding tert-OH is 1. The molecule has 0 aromatic carbocycles. The molecule has 0 saturated carbocycles. The average molecular weight is 328 g/mol. The summed E-state index contributed by atoms with van der Waals surface area (Å²) in [4.78, 5) is 0. The van der Waals surface area contributed by atoms with Crippen LogP contribution in [0.4, 0.5) is 0 Å². The van der Waals surface area contributed by atoms with Crippen LogP contribution in [0.15, 0.2) is 20.1 Å². The van der Waals surface area contributed by atoms with E-state index in [4.69, 9.17) is 5.11 Å². The van der Waals surface area contributed by atoms with Crippen molar-refractivity contribution in [3.8, 4) is 0 Å². The fraction of sp³-hybridized carbons (Fsp3) is 0.556. The van der Waals surface area contributed by atoms with Gasteiger partial charge in [0, 0.05) is 6.04 Å². The summed E-state index contributed by atoms with van der Waals surface area (Å²) in [6, 6.07) is 2.95. The van der Waals surface area contributed by atoms with Crippen molar-refractivity contribution < 1.29 is 13.5 Å². The van der Waals surface area contributed by atoms with Crippen molar-refractivity contribution in [3.05, 3.63) is 15.9 Å². The third-order valence-corrected chi connectivity index (χ3v) is 5.57. The minimum atomic E-state index is -3.46. The molecule has 92 valence electrons. The van der Waals surface area contributed by atoms with Gasteiger partial charge < -0.3 is 5.11 Å². The van der Waals surface area contributed by atoms with E-state index in [1.165, 1.54) is 0 Å². The molecule has 0 saturated heterocycles. The predicted molar refractivity (Wildman–Crippen MR) is 68.1 cm³/mol. The number of thiophene rings is 1. The summed E-state index contributed by atoms with van der Waals surface area (Å²) < 4.78 is 27.2. The Morgan fingerprint density at radius 2 is 2.12 bits per heavy atom. The Labute approximate surface area is 108 Å². The molecule has 16 heavy (non-hydrogen) atoms. The molecule has 1 heterocycles. The minimum Gasteiger partial charge on any atom is -0.393 e. The molecular formula is C9H14BrNO3S2.